The number of esters is 2. The number of rotatable bonds is 7. The summed E-state index contributed by atoms with van der Waals surface area (Å²) in [4.78, 5) is 47.2. The average Bonchev–Trinajstić information content (AvgIpc) is 3.55. The zero-order valence-corrected chi connectivity index (χ0v) is 26.2. The summed E-state index contributed by atoms with van der Waals surface area (Å²) in [6, 6.07) is 7.04. The van der Waals surface area contributed by atoms with Gasteiger partial charge in [0.15, 0.2) is 0 Å². The van der Waals surface area contributed by atoms with E-state index in [2.05, 4.69) is 6.92 Å². The van der Waals surface area contributed by atoms with Gasteiger partial charge in [0, 0.05) is 26.7 Å². The number of fused-ring (bicyclic) bond motifs is 3. The van der Waals surface area contributed by atoms with Gasteiger partial charge in [0.2, 0.25) is 5.88 Å². The van der Waals surface area contributed by atoms with Crippen molar-refractivity contribution in [3.63, 3.8) is 0 Å². The number of carbonyl (C=O) groups excluding carboxylic acids is 2. The lowest BCUT2D eigenvalue weighted by Gasteiger charge is -2.18. The molecule has 43 heavy (non-hydrogen) atoms. The number of carbonyl (C=O) groups is 2. The fraction of sp³-hybridized carbons (Fsp3) is 0.394. The Morgan fingerprint density at radius 3 is 2.40 bits per heavy atom. The Balaban J connectivity index is 1.56. The second-order valence-corrected chi connectivity index (χ2v) is 13.2. The lowest BCUT2D eigenvalue weighted by molar-refractivity contribution is 0.0516. The van der Waals surface area contributed by atoms with Crippen molar-refractivity contribution in [3.05, 3.63) is 72.2 Å². The van der Waals surface area contributed by atoms with Crippen molar-refractivity contribution >= 4 is 56.6 Å². The molecule has 8 nitrogen and oxygen atoms in total. The molecule has 224 valence electrons. The van der Waals surface area contributed by atoms with Gasteiger partial charge in [0.25, 0.3) is 5.56 Å². The van der Waals surface area contributed by atoms with Crippen molar-refractivity contribution < 1.29 is 24.2 Å². The van der Waals surface area contributed by atoms with Crippen molar-refractivity contribution in [2.45, 2.75) is 65.7 Å². The fourth-order valence-electron chi connectivity index (χ4n) is 6.16. The van der Waals surface area contributed by atoms with Gasteiger partial charge in [-0.15, -0.1) is 22.7 Å². The number of aromatic nitrogens is 1. The largest absolute Gasteiger partial charge is 0.494 e. The summed E-state index contributed by atoms with van der Waals surface area (Å²) in [6.45, 7) is 6.19. The summed E-state index contributed by atoms with van der Waals surface area (Å²) in [7, 11) is 0. The quantitative estimate of drug-likeness (QED) is 0.178. The van der Waals surface area contributed by atoms with Crippen LogP contribution in [0.5, 0.6) is 5.88 Å². The van der Waals surface area contributed by atoms with Gasteiger partial charge < -0.3 is 14.6 Å². The Morgan fingerprint density at radius 1 is 0.977 bits per heavy atom. The molecule has 0 aliphatic heterocycles. The molecule has 1 atom stereocenters. The van der Waals surface area contributed by atoms with Gasteiger partial charge in [0.1, 0.15) is 10.0 Å². The minimum absolute atomic E-state index is 0.200. The molecule has 0 radical (unpaired) electrons. The van der Waals surface area contributed by atoms with Crippen LogP contribution in [0.2, 0.25) is 0 Å². The highest BCUT2D eigenvalue weighted by molar-refractivity contribution is 7.16. The minimum Gasteiger partial charge on any atom is -0.494 e. The molecule has 0 spiro atoms. The summed E-state index contributed by atoms with van der Waals surface area (Å²) < 4.78 is 12.1. The van der Waals surface area contributed by atoms with Crippen molar-refractivity contribution in [2.24, 2.45) is 10.9 Å². The second-order valence-electron chi connectivity index (χ2n) is 11.0. The van der Waals surface area contributed by atoms with Crippen LogP contribution in [0.15, 0.2) is 34.1 Å². The molecule has 0 bridgehead atoms. The van der Waals surface area contributed by atoms with E-state index in [1.54, 1.807) is 38.1 Å². The topological polar surface area (TPSA) is 107 Å². The SMILES string of the molecule is CCOC(=O)c1c(N=Cc2c(O)n(-c3sc4c(c3C(=O)OCC)CCCC4)c(=O)c3ccccc23)sc2c1CC[C@@H](C)C2. The number of ether oxygens (including phenoxy) is 2. The number of nitrogens with zero attached hydrogens (tertiary/aromatic N) is 2. The number of aliphatic imine (C=N–C) groups is 1. The van der Waals surface area contributed by atoms with Gasteiger partial charge in [-0.25, -0.2) is 19.1 Å². The molecule has 1 N–H and O–H groups in total. The van der Waals surface area contributed by atoms with Crippen molar-refractivity contribution in [1.29, 1.82) is 0 Å². The van der Waals surface area contributed by atoms with Crippen LogP contribution in [0.1, 0.15) is 87.2 Å². The van der Waals surface area contributed by atoms with Crippen LogP contribution < -0.4 is 5.56 Å². The highest BCUT2D eigenvalue weighted by atomic mass is 32.1. The molecule has 3 aromatic heterocycles. The van der Waals surface area contributed by atoms with Gasteiger partial charge in [-0.3, -0.25) is 4.79 Å². The van der Waals surface area contributed by atoms with Crippen molar-refractivity contribution in [2.75, 3.05) is 13.2 Å². The number of benzene rings is 1. The number of aromatic hydroxyl groups is 1. The Kier molecular flexibility index (Phi) is 8.24. The number of hydrogen-bond donors (Lipinski definition) is 1. The van der Waals surface area contributed by atoms with Crippen molar-refractivity contribution in [3.8, 4) is 10.9 Å². The molecule has 10 heteroatoms. The van der Waals surface area contributed by atoms with Gasteiger partial charge in [-0.1, -0.05) is 25.1 Å². The highest BCUT2D eigenvalue weighted by Crippen LogP contribution is 2.43. The normalized spacial score (nSPS) is 16.3. The molecule has 2 aliphatic rings. The van der Waals surface area contributed by atoms with E-state index in [1.165, 1.54) is 33.5 Å². The van der Waals surface area contributed by atoms with Crippen LogP contribution in [-0.4, -0.2) is 41.0 Å². The fourth-order valence-corrected chi connectivity index (χ4v) is 8.88. The zero-order chi connectivity index (χ0) is 30.2. The number of thiophene rings is 2. The molecule has 2 aliphatic carbocycles. The number of pyridine rings is 1. The average molecular weight is 619 g/mol. The molecule has 0 amide bonds. The summed E-state index contributed by atoms with van der Waals surface area (Å²) in [5, 5.41) is 13.6. The first-order chi connectivity index (χ1) is 20.8. The summed E-state index contributed by atoms with van der Waals surface area (Å²) in [5.41, 5.74) is 2.63. The highest BCUT2D eigenvalue weighted by Gasteiger charge is 2.31. The maximum Gasteiger partial charge on any atom is 0.341 e. The molecular weight excluding hydrogens is 585 g/mol. The number of aryl methyl sites for hydroxylation is 1. The standard InChI is InChI=1S/C33H34N2O6S2/c1-4-40-32(38)26-22-15-14-18(3)16-25(22)42-28(26)34-17-23-19-10-6-7-11-20(19)29(36)35(30(23)37)31-27(33(39)41-5-2)21-12-8-9-13-24(21)43-31/h6-7,10-11,17-18,37H,4-5,8-9,12-16H2,1-3H3/t18-/m1/s1. The van der Waals surface area contributed by atoms with Crippen molar-refractivity contribution in [1.82, 2.24) is 4.57 Å². The predicted molar refractivity (Wildman–Crippen MR) is 170 cm³/mol. The van der Waals surface area contributed by atoms with Gasteiger partial charge in [0.05, 0.1) is 29.9 Å². The number of hydrogen-bond acceptors (Lipinski definition) is 9. The third-order valence-electron chi connectivity index (χ3n) is 8.22. The van der Waals surface area contributed by atoms with E-state index in [0.29, 0.717) is 43.4 Å². The van der Waals surface area contributed by atoms with E-state index in [0.717, 1.165) is 65.8 Å². The maximum atomic E-state index is 14.0. The van der Waals surface area contributed by atoms with Crippen LogP contribution in [0.3, 0.4) is 0 Å². The first-order valence-electron chi connectivity index (χ1n) is 14.9. The third-order valence-corrected chi connectivity index (χ3v) is 10.7. The van der Waals surface area contributed by atoms with Crippen LogP contribution in [0, 0.1) is 5.92 Å². The monoisotopic (exact) mass is 618 g/mol. The second kappa shape index (κ2) is 12.1. The summed E-state index contributed by atoms with van der Waals surface area (Å²) in [6.07, 6.45) is 7.64. The van der Waals surface area contributed by atoms with Crippen LogP contribution >= 0.6 is 22.7 Å². The molecule has 4 aromatic rings. The van der Waals surface area contributed by atoms with E-state index in [4.69, 9.17) is 14.5 Å². The van der Waals surface area contributed by atoms with Crippen LogP contribution in [-0.2, 0) is 35.2 Å². The summed E-state index contributed by atoms with van der Waals surface area (Å²) >= 11 is 2.83. The smallest absolute Gasteiger partial charge is 0.341 e. The molecule has 1 aromatic carbocycles. The first-order valence-corrected chi connectivity index (χ1v) is 16.5. The van der Waals surface area contributed by atoms with Crippen LogP contribution in [0.25, 0.3) is 15.8 Å². The predicted octanol–water partition coefficient (Wildman–Crippen LogP) is 6.93. The molecule has 0 fully saturated rings. The lowest BCUT2D eigenvalue weighted by Crippen LogP contribution is -2.22. The Bertz CT molecular complexity index is 1830. The Labute approximate surface area is 257 Å². The maximum absolute atomic E-state index is 14.0. The van der Waals surface area contributed by atoms with Gasteiger partial charge in [-0.05, 0) is 81.9 Å². The van der Waals surface area contributed by atoms with E-state index in [1.807, 2.05) is 0 Å². The van der Waals surface area contributed by atoms with Gasteiger partial charge >= 0.3 is 11.9 Å². The molecular formula is C33H34N2O6S2. The zero-order valence-electron chi connectivity index (χ0n) is 24.5. The molecule has 0 unspecified atom stereocenters. The summed E-state index contributed by atoms with van der Waals surface area (Å²) in [5.74, 6) is -0.697. The molecule has 3 heterocycles. The Hall–Kier alpha value is -3.76. The molecule has 6 rings (SSSR count). The Morgan fingerprint density at radius 2 is 1.65 bits per heavy atom. The van der Waals surface area contributed by atoms with Gasteiger partial charge in [-0.2, -0.15) is 0 Å². The van der Waals surface area contributed by atoms with E-state index in [9.17, 15) is 19.5 Å². The molecule has 0 saturated heterocycles. The van der Waals surface area contributed by atoms with E-state index < -0.39 is 17.5 Å². The van der Waals surface area contributed by atoms with Crippen LogP contribution in [0.4, 0.5) is 5.00 Å². The first kappa shape index (κ1) is 29.3. The minimum atomic E-state index is -0.496. The van der Waals surface area contributed by atoms with E-state index >= 15 is 0 Å². The lowest BCUT2D eigenvalue weighted by atomic mass is 9.88. The van der Waals surface area contributed by atoms with E-state index in [-0.39, 0.29) is 19.1 Å². The third kappa shape index (κ3) is 5.20. The molecule has 0 saturated carbocycles.